The van der Waals surface area contributed by atoms with Crippen LogP contribution >= 0.6 is 0 Å². The van der Waals surface area contributed by atoms with Crippen molar-refractivity contribution in [3.05, 3.63) is 36.3 Å². The van der Waals surface area contributed by atoms with Crippen molar-refractivity contribution in [2.45, 2.75) is 18.8 Å². The van der Waals surface area contributed by atoms with Crippen LogP contribution in [-0.2, 0) is 4.79 Å². The maximum Gasteiger partial charge on any atom is 0.213 e. The molecule has 8 nitrogen and oxygen atoms in total. The first-order chi connectivity index (χ1) is 11.3. The summed E-state index contributed by atoms with van der Waals surface area (Å²) in [7, 11) is 0. The third-order valence-corrected chi connectivity index (χ3v) is 3.92. The zero-order chi connectivity index (χ0) is 15.8. The molecular weight excluding hydrogens is 294 g/mol. The second-order valence-electron chi connectivity index (χ2n) is 5.50. The number of guanidine groups is 1. The molecule has 1 saturated carbocycles. The number of aromatic nitrogens is 4. The molecule has 0 unspecified atom stereocenters. The summed E-state index contributed by atoms with van der Waals surface area (Å²) in [5.41, 5.74) is 3.60. The second kappa shape index (κ2) is 5.24. The van der Waals surface area contributed by atoms with Crippen molar-refractivity contribution in [2.24, 2.45) is 0 Å². The summed E-state index contributed by atoms with van der Waals surface area (Å²) < 4.78 is 1.88. The van der Waals surface area contributed by atoms with Crippen molar-refractivity contribution in [3.63, 3.8) is 0 Å². The van der Waals surface area contributed by atoms with Gasteiger partial charge in [-0.2, -0.15) is 10.2 Å². The normalized spacial score (nSPS) is 13.9. The number of rotatable bonds is 4. The monoisotopic (exact) mass is 309 g/mol. The Labute approximate surface area is 131 Å². The van der Waals surface area contributed by atoms with Crippen LogP contribution in [0.2, 0.25) is 0 Å². The lowest BCUT2D eigenvalue weighted by Crippen LogP contribution is -2.28. The van der Waals surface area contributed by atoms with Crippen LogP contribution < -0.4 is 10.6 Å². The van der Waals surface area contributed by atoms with Crippen molar-refractivity contribution < 1.29 is 4.79 Å². The highest BCUT2D eigenvalue weighted by molar-refractivity contribution is 5.97. The molecule has 1 aromatic carbocycles. The molecule has 1 fully saturated rings. The lowest BCUT2D eigenvalue weighted by atomic mass is 10.2. The molecule has 2 aromatic heterocycles. The van der Waals surface area contributed by atoms with Crippen LogP contribution in [0.15, 0.2) is 30.6 Å². The lowest BCUT2D eigenvalue weighted by molar-refractivity contribution is -0.108. The van der Waals surface area contributed by atoms with Crippen molar-refractivity contribution in [1.82, 2.24) is 25.3 Å². The first-order valence-electron chi connectivity index (χ1n) is 7.34. The molecule has 3 aromatic rings. The van der Waals surface area contributed by atoms with Crippen molar-refractivity contribution in [3.8, 4) is 5.69 Å². The van der Waals surface area contributed by atoms with Gasteiger partial charge in [0.25, 0.3) is 0 Å². The molecule has 1 aliphatic carbocycles. The number of hydrogen-bond donors (Lipinski definition) is 4. The van der Waals surface area contributed by atoms with E-state index < -0.39 is 0 Å². The standard InChI is InChI=1S/C15H15N7O/c16-15(17-8-23)20-11-7-19-22(14(11)9-4-5-9)12-3-1-2-10-6-18-21-13(10)12/h1-3,6-9H,4-5H2,(H,18,21)(H3,16,17,20,23). The fraction of sp³-hybridized carbons (Fsp3) is 0.200. The summed E-state index contributed by atoms with van der Waals surface area (Å²) in [6, 6.07) is 5.94. The van der Waals surface area contributed by atoms with Crippen LogP contribution in [0, 0.1) is 5.41 Å². The van der Waals surface area contributed by atoms with Gasteiger partial charge in [0, 0.05) is 11.3 Å². The average molecular weight is 309 g/mol. The molecule has 116 valence electrons. The molecule has 1 amide bonds. The highest BCUT2D eigenvalue weighted by atomic mass is 16.1. The Morgan fingerprint density at radius 2 is 2.26 bits per heavy atom. The zero-order valence-electron chi connectivity index (χ0n) is 12.2. The second-order valence-corrected chi connectivity index (χ2v) is 5.50. The molecule has 0 radical (unpaired) electrons. The fourth-order valence-corrected chi connectivity index (χ4v) is 2.76. The van der Waals surface area contributed by atoms with Gasteiger partial charge in [0.05, 0.1) is 35.0 Å². The Hall–Kier alpha value is -3.16. The summed E-state index contributed by atoms with van der Waals surface area (Å²) in [6.45, 7) is 0. The minimum atomic E-state index is -0.0683. The third-order valence-electron chi connectivity index (χ3n) is 3.92. The Kier molecular flexibility index (Phi) is 3.07. The Balaban J connectivity index is 1.80. The van der Waals surface area contributed by atoms with Crippen LogP contribution in [-0.4, -0.2) is 32.3 Å². The van der Waals surface area contributed by atoms with E-state index in [0.29, 0.717) is 12.3 Å². The molecule has 0 saturated heterocycles. The van der Waals surface area contributed by atoms with E-state index in [-0.39, 0.29) is 5.96 Å². The summed E-state index contributed by atoms with van der Waals surface area (Å²) >= 11 is 0. The van der Waals surface area contributed by atoms with E-state index in [9.17, 15) is 4.79 Å². The molecule has 0 atom stereocenters. The predicted molar refractivity (Wildman–Crippen MR) is 85.7 cm³/mol. The first kappa shape index (κ1) is 13.5. The van der Waals surface area contributed by atoms with E-state index in [1.165, 1.54) is 0 Å². The minimum absolute atomic E-state index is 0.0683. The average Bonchev–Trinajstić information content (AvgIpc) is 3.11. The number of H-pyrrole nitrogens is 1. The lowest BCUT2D eigenvalue weighted by Gasteiger charge is -2.11. The van der Waals surface area contributed by atoms with E-state index >= 15 is 0 Å². The third kappa shape index (κ3) is 2.33. The summed E-state index contributed by atoms with van der Waals surface area (Å²) in [5, 5.41) is 25.5. The SMILES string of the molecule is N=C(NC=O)Nc1cnn(-c2cccc3cn[nH]c23)c1C1CC1. The van der Waals surface area contributed by atoms with E-state index in [0.717, 1.165) is 40.8 Å². The van der Waals surface area contributed by atoms with Crippen LogP contribution in [0.25, 0.3) is 16.6 Å². The summed E-state index contributed by atoms with van der Waals surface area (Å²) in [5.74, 6) is 0.336. The van der Waals surface area contributed by atoms with Gasteiger partial charge in [0.15, 0.2) is 5.96 Å². The van der Waals surface area contributed by atoms with Gasteiger partial charge in [-0.05, 0) is 18.9 Å². The highest BCUT2D eigenvalue weighted by Crippen LogP contribution is 2.44. The molecular formula is C15H15N7O. The van der Waals surface area contributed by atoms with Crippen molar-refractivity contribution >= 4 is 29.0 Å². The summed E-state index contributed by atoms with van der Waals surface area (Å²) in [4.78, 5) is 10.5. The molecule has 23 heavy (non-hydrogen) atoms. The molecule has 4 rings (SSSR count). The quantitative estimate of drug-likeness (QED) is 0.334. The van der Waals surface area contributed by atoms with Gasteiger partial charge in [0.1, 0.15) is 0 Å². The molecule has 0 spiro atoms. The topological polar surface area (TPSA) is 111 Å². The largest absolute Gasteiger partial charge is 0.323 e. The minimum Gasteiger partial charge on any atom is -0.323 e. The van der Waals surface area contributed by atoms with Gasteiger partial charge in [-0.3, -0.25) is 20.6 Å². The van der Waals surface area contributed by atoms with Gasteiger partial charge in [-0.1, -0.05) is 12.1 Å². The number of para-hydroxylation sites is 1. The highest BCUT2D eigenvalue weighted by Gasteiger charge is 2.31. The molecule has 4 N–H and O–H groups in total. The number of anilines is 1. The van der Waals surface area contributed by atoms with Crippen LogP contribution in [0.5, 0.6) is 0 Å². The van der Waals surface area contributed by atoms with Gasteiger partial charge in [-0.15, -0.1) is 0 Å². The van der Waals surface area contributed by atoms with Crippen molar-refractivity contribution in [1.29, 1.82) is 5.41 Å². The number of fused-ring (bicyclic) bond motifs is 1. The molecule has 2 heterocycles. The van der Waals surface area contributed by atoms with Gasteiger partial charge >= 0.3 is 0 Å². The van der Waals surface area contributed by atoms with E-state index in [4.69, 9.17) is 5.41 Å². The fourth-order valence-electron chi connectivity index (χ4n) is 2.76. The molecule has 8 heteroatoms. The van der Waals surface area contributed by atoms with Crippen LogP contribution in [0.3, 0.4) is 0 Å². The van der Waals surface area contributed by atoms with E-state index in [1.807, 2.05) is 22.9 Å². The van der Waals surface area contributed by atoms with Gasteiger partial charge < -0.3 is 5.32 Å². The van der Waals surface area contributed by atoms with Crippen LogP contribution in [0.4, 0.5) is 5.69 Å². The zero-order valence-corrected chi connectivity index (χ0v) is 12.2. The number of nitrogens with one attached hydrogen (secondary N) is 4. The van der Waals surface area contributed by atoms with Crippen molar-refractivity contribution in [2.75, 3.05) is 5.32 Å². The smallest absolute Gasteiger partial charge is 0.213 e. The number of carbonyl (C=O) groups excluding carboxylic acids is 1. The summed E-state index contributed by atoms with van der Waals surface area (Å²) in [6.07, 6.45) is 6.12. The first-order valence-corrected chi connectivity index (χ1v) is 7.34. The Bertz CT molecular complexity index is 890. The number of nitrogens with zero attached hydrogens (tertiary/aromatic N) is 3. The Morgan fingerprint density at radius 3 is 3.04 bits per heavy atom. The van der Waals surface area contributed by atoms with Gasteiger partial charge in [-0.25, -0.2) is 4.68 Å². The van der Waals surface area contributed by atoms with Gasteiger partial charge in [0.2, 0.25) is 6.41 Å². The number of amides is 1. The number of aromatic amines is 1. The van der Waals surface area contributed by atoms with E-state index in [2.05, 4.69) is 25.9 Å². The Morgan fingerprint density at radius 1 is 1.39 bits per heavy atom. The molecule has 1 aliphatic rings. The number of hydrogen-bond acceptors (Lipinski definition) is 4. The van der Waals surface area contributed by atoms with E-state index in [1.54, 1.807) is 12.4 Å². The van der Waals surface area contributed by atoms with Crippen LogP contribution in [0.1, 0.15) is 24.5 Å². The predicted octanol–water partition coefficient (Wildman–Crippen LogP) is 1.72. The number of benzene rings is 1. The molecule has 0 bridgehead atoms. The maximum atomic E-state index is 10.5. The maximum absolute atomic E-state index is 10.5. The number of carbonyl (C=O) groups is 1. The molecule has 0 aliphatic heterocycles.